The molecule has 0 aliphatic rings. The summed E-state index contributed by atoms with van der Waals surface area (Å²) in [6.45, 7) is 2.01. The lowest BCUT2D eigenvalue weighted by Crippen LogP contribution is -2.03. The Morgan fingerprint density at radius 2 is 2.44 bits per heavy atom. The molecule has 0 radical (unpaired) electrons. The van der Waals surface area contributed by atoms with Crippen LogP contribution in [0.1, 0.15) is 6.92 Å². The first kappa shape index (κ1) is 8.40. The highest BCUT2D eigenvalue weighted by atomic mass is 79.9. The Balaban J connectivity index is 3.89. The number of carbonyl (C=O) groups is 1. The molecule has 1 N–H and O–H groups in total. The van der Waals surface area contributed by atoms with E-state index in [4.69, 9.17) is 5.41 Å². The Kier molecular flexibility index (Phi) is 4.01. The van der Waals surface area contributed by atoms with Crippen LogP contribution in [0.5, 0.6) is 0 Å². The second kappa shape index (κ2) is 4.30. The SMILES string of the molecule is CCOC(=O)C(Br)=C=N. The van der Waals surface area contributed by atoms with E-state index in [1.165, 1.54) is 0 Å². The Bertz CT molecular complexity index is 160. The number of carbonyl (C=O) groups excluding carboxylic acids is 1. The zero-order valence-corrected chi connectivity index (χ0v) is 6.49. The van der Waals surface area contributed by atoms with Crippen molar-refractivity contribution in [3.63, 3.8) is 0 Å². The van der Waals surface area contributed by atoms with Crippen LogP contribution >= 0.6 is 15.9 Å². The normalized spacial score (nSPS) is 7.78. The van der Waals surface area contributed by atoms with Crippen LogP contribution in [0.25, 0.3) is 0 Å². The van der Waals surface area contributed by atoms with Crippen LogP contribution < -0.4 is 0 Å². The number of nitrogens with one attached hydrogen (secondary N) is 1. The van der Waals surface area contributed by atoms with Crippen molar-refractivity contribution in [3.05, 3.63) is 4.48 Å². The van der Waals surface area contributed by atoms with Gasteiger partial charge < -0.3 is 4.74 Å². The van der Waals surface area contributed by atoms with Crippen LogP contribution in [0, 0.1) is 5.41 Å². The smallest absolute Gasteiger partial charge is 0.354 e. The van der Waals surface area contributed by atoms with Crippen molar-refractivity contribution in [1.29, 1.82) is 5.41 Å². The Labute approximate surface area is 61.3 Å². The molecule has 9 heavy (non-hydrogen) atoms. The number of halogens is 1. The largest absolute Gasteiger partial charge is 0.462 e. The number of esters is 1. The fourth-order valence-electron chi connectivity index (χ4n) is 0.245. The third-order valence-corrected chi connectivity index (χ3v) is 1.09. The van der Waals surface area contributed by atoms with Gasteiger partial charge in [0.15, 0.2) is 4.48 Å². The lowest BCUT2D eigenvalue weighted by atomic mass is 10.6. The maximum atomic E-state index is 10.5. The van der Waals surface area contributed by atoms with E-state index >= 15 is 0 Å². The molecular formula is C5H6BrNO2. The number of rotatable bonds is 2. The minimum Gasteiger partial charge on any atom is -0.462 e. The van der Waals surface area contributed by atoms with Gasteiger partial charge in [0.1, 0.15) is 0 Å². The minimum absolute atomic E-state index is 0.0179. The quantitative estimate of drug-likeness (QED) is 0.404. The van der Waals surface area contributed by atoms with Gasteiger partial charge in [-0.1, -0.05) is 0 Å². The average molecular weight is 192 g/mol. The monoisotopic (exact) mass is 191 g/mol. The molecule has 3 nitrogen and oxygen atoms in total. The highest BCUT2D eigenvalue weighted by molar-refractivity contribution is 9.12. The zero-order chi connectivity index (χ0) is 7.28. The molecule has 0 aromatic carbocycles. The van der Waals surface area contributed by atoms with Gasteiger partial charge in [0.25, 0.3) is 0 Å². The molecule has 0 unspecified atom stereocenters. The third kappa shape index (κ3) is 3.06. The standard InChI is InChI=1S/C5H6BrNO2/c1-2-9-5(8)4(6)3-7/h7H,2H2,1H3. The van der Waals surface area contributed by atoms with Crippen molar-refractivity contribution in [2.75, 3.05) is 6.61 Å². The van der Waals surface area contributed by atoms with E-state index in [0.29, 0.717) is 6.61 Å². The molecular weight excluding hydrogens is 186 g/mol. The van der Waals surface area contributed by atoms with E-state index in [1.807, 2.05) is 5.87 Å². The summed E-state index contributed by atoms with van der Waals surface area (Å²) in [5.41, 5.74) is 0. The van der Waals surface area contributed by atoms with Crippen molar-refractivity contribution >= 4 is 27.8 Å². The van der Waals surface area contributed by atoms with Crippen LogP contribution in [0.15, 0.2) is 4.48 Å². The van der Waals surface area contributed by atoms with Crippen LogP contribution in [-0.4, -0.2) is 18.4 Å². The second-order valence-corrected chi connectivity index (χ2v) is 1.95. The van der Waals surface area contributed by atoms with Crippen molar-refractivity contribution in [1.82, 2.24) is 0 Å². The van der Waals surface area contributed by atoms with Crippen LogP contribution in [0.3, 0.4) is 0 Å². The van der Waals surface area contributed by atoms with E-state index in [0.717, 1.165) is 0 Å². The zero-order valence-electron chi connectivity index (χ0n) is 4.90. The average Bonchev–Trinajstić information content (AvgIpc) is 1.87. The summed E-state index contributed by atoms with van der Waals surface area (Å²) < 4.78 is 4.51. The molecule has 0 aromatic rings. The van der Waals surface area contributed by atoms with E-state index in [9.17, 15) is 4.79 Å². The molecule has 0 spiro atoms. The van der Waals surface area contributed by atoms with Gasteiger partial charge in [-0.05, 0) is 22.9 Å². The van der Waals surface area contributed by atoms with E-state index in [2.05, 4.69) is 20.7 Å². The molecule has 0 saturated heterocycles. The molecule has 50 valence electrons. The predicted molar refractivity (Wildman–Crippen MR) is 36.8 cm³/mol. The Morgan fingerprint density at radius 1 is 1.89 bits per heavy atom. The lowest BCUT2D eigenvalue weighted by molar-refractivity contribution is -0.137. The molecule has 0 aliphatic heterocycles. The molecule has 0 rings (SSSR count). The first-order valence-corrected chi connectivity index (χ1v) is 3.14. The summed E-state index contributed by atoms with van der Waals surface area (Å²) in [5.74, 6) is 1.31. The van der Waals surface area contributed by atoms with E-state index in [1.54, 1.807) is 6.92 Å². The van der Waals surface area contributed by atoms with Gasteiger partial charge in [-0.15, -0.1) is 0 Å². The molecule has 0 bridgehead atoms. The van der Waals surface area contributed by atoms with Gasteiger partial charge in [-0.2, -0.15) is 0 Å². The van der Waals surface area contributed by atoms with Gasteiger partial charge >= 0.3 is 5.97 Å². The number of hydrogen-bond donors (Lipinski definition) is 1. The molecule has 0 amide bonds. The van der Waals surface area contributed by atoms with Crippen molar-refractivity contribution in [2.45, 2.75) is 6.92 Å². The van der Waals surface area contributed by atoms with Gasteiger partial charge in [0.2, 0.25) is 0 Å². The third-order valence-electron chi connectivity index (χ3n) is 0.564. The van der Waals surface area contributed by atoms with Gasteiger partial charge in [-0.3, -0.25) is 5.41 Å². The Hall–Kier alpha value is -0.600. The second-order valence-electron chi connectivity index (χ2n) is 1.16. The predicted octanol–water partition coefficient (Wildman–Crippen LogP) is 1.08. The van der Waals surface area contributed by atoms with Gasteiger partial charge in [-0.25, -0.2) is 4.79 Å². The summed E-state index contributed by atoms with van der Waals surface area (Å²) in [6.07, 6.45) is 0. The topological polar surface area (TPSA) is 50.2 Å². The fourth-order valence-corrected chi connectivity index (χ4v) is 0.360. The molecule has 0 aliphatic carbocycles. The summed E-state index contributed by atoms with van der Waals surface area (Å²) >= 11 is 2.79. The highest BCUT2D eigenvalue weighted by Gasteiger charge is 2.03. The summed E-state index contributed by atoms with van der Waals surface area (Å²) in [5, 5.41) is 6.48. The Morgan fingerprint density at radius 3 is 2.78 bits per heavy atom. The summed E-state index contributed by atoms with van der Waals surface area (Å²) in [4.78, 5) is 10.5. The van der Waals surface area contributed by atoms with Crippen LogP contribution in [0.4, 0.5) is 0 Å². The molecule has 4 heteroatoms. The first-order chi connectivity index (χ1) is 4.22. The first-order valence-electron chi connectivity index (χ1n) is 2.34. The van der Waals surface area contributed by atoms with Crippen molar-refractivity contribution in [3.8, 4) is 0 Å². The maximum Gasteiger partial charge on any atom is 0.354 e. The van der Waals surface area contributed by atoms with Gasteiger partial charge in [0, 0.05) is 5.87 Å². The summed E-state index contributed by atoms with van der Waals surface area (Å²) in [6, 6.07) is 0. The molecule has 0 saturated carbocycles. The van der Waals surface area contributed by atoms with Crippen LogP contribution in [0.2, 0.25) is 0 Å². The van der Waals surface area contributed by atoms with E-state index < -0.39 is 5.97 Å². The minimum atomic E-state index is -0.549. The fraction of sp³-hybridized carbons (Fsp3) is 0.400. The molecule has 0 fully saturated rings. The van der Waals surface area contributed by atoms with Crippen molar-refractivity contribution in [2.24, 2.45) is 0 Å². The van der Waals surface area contributed by atoms with E-state index in [-0.39, 0.29) is 4.48 Å². The molecule has 0 aromatic heterocycles. The summed E-state index contributed by atoms with van der Waals surface area (Å²) in [7, 11) is 0. The maximum absolute atomic E-state index is 10.5. The molecule has 0 heterocycles. The number of hydrogen-bond acceptors (Lipinski definition) is 3. The number of ether oxygens (including phenoxy) is 1. The van der Waals surface area contributed by atoms with Crippen LogP contribution in [-0.2, 0) is 9.53 Å². The molecule has 0 atom stereocenters. The van der Waals surface area contributed by atoms with Crippen molar-refractivity contribution < 1.29 is 9.53 Å². The highest BCUT2D eigenvalue weighted by Crippen LogP contribution is 2.00. The lowest BCUT2D eigenvalue weighted by Gasteiger charge is -1.94. The van der Waals surface area contributed by atoms with Gasteiger partial charge in [0.05, 0.1) is 6.61 Å².